The van der Waals surface area contributed by atoms with E-state index in [1.807, 2.05) is 85.8 Å². The lowest BCUT2D eigenvalue weighted by Crippen LogP contribution is -2.47. The summed E-state index contributed by atoms with van der Waals surface area (Å²) in [4.78, 5) is 29.5. The zero-order valence-corrected chi connectivity index (χ0v) is 22.0. The molecule has 202 valence electrons. The van der Waals surface area contributed by atoms with Gasteiger partial charge in [-0.15, -0.1) is 5.10 Å². The molecule has 1 N–H and O–H groups in total. The Labute approximate surface area is 227 Å². The SMILES string of the molecule is CCOc1ccc([C@@H](C(=O)NCc2ccccc2)N(C[C@@H]2CCCO2)C(=O)Cn2nnc3ccccc32)cc1. The Morgan fingerprint density at radius 3 is 2.59 bits per heavy atom. The molecular weight excluding hydrogens is 494 g/mol. The second kappa shape index (κ2) is 12.5. The number of hydrogen-bond donors (Lipinski definition) is 1. The Hall–Kier alpha value is -4.24. The molecule has 1 aliphatic heterocycles. The van der Waals surface area contributed by atoms with Crippen molar-refractivity contribution in [3.05, 3.63) is 90.0 Å². The molecule has 5 rings (SSSR count). The first kappa shape index (κ1) is 26.4. The highest BCUT2D eigenvalue weighted by Gasteiger charge is 2.34. The number of nitrogens with one attached hydrogen (secondary N) is 1. The number of ether oxygens (including phenoxy) is 2. The van der Waals surface area contributed by atoms with Crippen LogP contribution in [0.3, 0.4) is 0 Å². The molecule has 0 aliphatic carbocycles. The highest BCUT2D eigenvalue weighted by atomic mass is 16.5. The second-order valence-corrected chi connectivity index (χ2v) is 9.52. The van der Waals surface area contributed by atoms with Gasteiger partial charge in [-0.2, -0.15) is 0 Å². The third-order valence-electron chi connectivity index (χ3n) is 6.83. The van der Waals surface area contributed by atoms with Crippen molar-refractivity contribution in [2.24, 2.45) is 0 Å². The molecule has 4 aromatic rings. The summed E-state index contributed by atoms with van der Waals surface area (Å²) in [6, 6.07) is 23.7. The van der Waals surface area contributed by atoms with Gasteiger partial charge in [0.05, 0.1) is 18.2 Å². The van der Waals surface area contributed by atoms with Crippen LogP contribution >= 0.6 is 0 Å². The number of rotatable bonds is 11. The van der Waals surface area contributed by atoms with E-state index in [4.69, 9.17) is 9.47 Å². The van der Waals surface area contributed by atoms with Crippen LogP contribution in [-0.2, 0) is 27.4 Å². The van der Waals surface area contributed by atoms with E-state index < -0.39 is 6.04 Å². The third-order valence-corrected chi connectivity index (χ3v) is 6.83. The maximum atomic E-state index is 14.0. The van der Waals surface area contributed by atoms with Crippen molar-refractivity contribution in [1.82, 2.24) is 25.2 Å². The number of fused-ring (bicyclic) bond motifs is 1. The summed E-state index contributed by atoms with van der Waals surface area (Å²) in [7, 11) is 0. The van der Waals surface area contributed by atoms with Crippen LogP contribution in [0.15, 0.2) is 78.9 Å². The average Bonchev–Trinajstić information content (AvgIpc) is 3.63. The van der Waals surface area contributed by atoms with Gasteiger partial charge in [0.2, 0.25) is 11.8 Å². The molecule has 0 spiro atoms. The van der Waals surface area contributed by atoms with Crippen molar-refractivity contribution in [2.45, 2.75) is 45.0 Å². The second-order valence-electron chi connectivity index (χ2n) is 9.52. The summed E-state index contributed by atoms with van der Waals surface area (Å²) in [6.45, 7) is 3.70. The quantitative estimate of drug-likeness (QED) is 0.318. The first-order chi connectivity index (χ1) is 19.1. The van der Waals surface area contributed by atoms with Gasteiger partial charge < -0.3 is 19.7 Å². The highest BCUT2D eigenvalue weighted by molar-refractivity contribution is 5.89. The molecule has 0 unspecified atom stereocenters. The van der Waals surface area contributed by atoms with Crippen LogP contribution in [0, 0.1) is 0 Å². The zero-order valence-electron chi connectivity index (χ0n) is 22.0. The molecule has 9 heteroatoms. The number of benzene rings is 3. The fourth-order valence-corrected chi connectivity index (χ4v) is 4.88. The molecule has 1 saturated heterocycles. The van der Waals surface area contributed by atoms with Gasteiger partial charge in [0.1, 0.15) is 23.9 Å². The van der Waals surface area contributed by atoms with Crippen molar-refractivity contribution < 1.29 is 19.1 Å². The van der Waals surface area contributed by atoms with Gasteiger partial charge >= 0.3 is 0 Å². The highest BCUT2D eigenvalue weighted by Crippen LogP contribution is 2.27. The van der Waals surface area contributed by atoms with E-state index in [9.17, 15) is 9.59 Å². The third kappa shape index (κ3) is 6.43. The number of nitrogens with zero attached hydrogens (tertiary/aromatic N) is 4. The summed E-state index contributed by atoms with van der Waals surface area (Å²) < 4.78 is 13.1. The van der Waals surface area contributed by atoms with Crippen molar-refractivity contribution in [3.63, 3.8) is 0 Å². The molecule has 0 saturated carbocycles. The number of hydrogen-bond acceptors (Lipinski definition) is 6. The van der Waals surface area contributed by atoms with E-state index in [1.54, 1.807) is 9.58 Å². The van der Waals surface area contributed by atoms with Gasteiger partial charge in [-0.25, -0.2) is 4.68 Å². The van der Waals surface area contributed by atoms with Crippen molar-refractivity contribution in [2.75, 3.05) is 19.8 Å². The Morgan fingerprint density at radius 2 is 1.85 bits per heavy atom. The van der Waals surface area contributed by atoms with Crippen LogP contribution in [0.2, 0.25) is 0 Å². The minimum atomic E-state index is -0.865. The van der Waals surface area contributed by atoms with Crippen LogP contribution < -0.4 is 10.1 Å². The first-order valence-corrected chi connectivity index (χ1v) is 13.4. The molecular formula is C30H33N5O4. The van der Waals surface area contributed by atoms with E-state index in [0.717, 1.165) is 23.9 Å². The zero-order chi connectivity index (χ0) is 27.0. The summed E-state index contributed by atoms with van der Waals surface area (Å²) in [5, 5.41) is 11.4. The Bertz CT molecular complexity index is 1380. The molecule has 1 aromatic heterocycles. The molecule has 2 heterocycles. The molecule has 1 fully saturated rings. The number of carbonyl (C=O) groups excluding carboxylic acids is 2. The van der Waals surface area contributed by atoms with Gasteiger partial charge in [-0.1, -0.05) is 59.8 Å². The normalized spacial score (nSPS) is 15.7. The predicted octanol–water partition coefficient (Wildman–Crippen LogP) is 3.90. The minimum Gasteiger partial charge on any atom is -0.494 e. The first-order valence-electron chi connectivity index (χ1n) is 13.4. The van der Waals surface area contributed by atoms with E-state index in [0.29, 0.717) is 43.1 Å². The Morgan fingerprint density at radius 1 is 1.08 bits per heavy atom. The average molecular weight is 528 g/mol. The lowest BCUT2D eigenvalue weighted by Gasteiger charge is -2.33. The van der Waals surface area contributed by atoms with Gasteiger partial charge in [0.15, 0.2) is 0 Å². The predicted molar refractivity (Wildman–Crippen MR) is 147 cm³/mol. The maximum Gasteiger partial charge on any atom is 0.247 e. The van der Waals surface area contributed by atoms with Gasteiger partial charge in [-0.3, -0.25) is 9.59 Å². The lowest BCUT2D eigenvalue weighted by atomic mass is 10.0. The largest absolute Gasteiger partial charge is 0.494 e. The summed E-state index contributed by atoms with van der Waals surface area (Å²) in [6.07, 6.45) is 1.61. The molecule has 2 atom stereocenters. The van der Waals surface area contributed by atoms with Crippen molar-refractivity contribution in [1.29, 1.82) is 0 Å². The van der Waals surface area contributed by atoms with Gasteiger partial charge in [-0.05, 0) is 55.2 Å². The fraction of sp³-hybridized carbons (Fsp3) is 0.333. The summed E-state index contributed by atoms with van der Waals surface area (Å²) >= 11 is 0. The molecule has 2 amide bonds. The Kier molecular flexibility index (Phi) is 8.48. The standard InChI is InChI=1S/C30H33N5O4/c1-2-38-24-16-14-23(15-17-24)29(30(37)31-19-22-9-4-3-5-10-22)34(20-25-11-8-18-39-25)28(36)21-35-27-13-7-6-12-26(27)32-33-35/h3-7,9-10,12-17,25,29H,2,8,11,18-21H2,1H3,(H,31,37)/t25-,29-/m0/s1. The molecule has 3 aromatic carbocycles. The molecule has 0 radical (unpaired) electrons. The maximum absolute atomic E-state index is 14.0. The molecule has 9 nitrogen and oxygen atoms in total. The summed E-state index contributed by atoms with van der Waals surface area (Å²) in [5.74, 6) is 0.198. The number of para-hydroxylation sites is 1. The van der Waals surface area contributed by atoms with E-state index in [-0.39, 0.29) is 24.5 Å². The van der Waals surface area contributed by atoms with Crippen LogP contribution in [-0.4, -0.2) is 57.6 Å². The fourth-order valence-electron chi connectivity index (χ4n) is 4.88. The monoisotopic (exact) mass is 527 g/mol. The van der Waals surface area contributed by atoms with Crippen LogP contribution in [0.5, 0.6) is 5.75 Å². The van der Waals surface area contributed by atoms with Crippen LogP contribution in [0.1, 0.15) is 36.9 Å². The van der Waals surface area contributed by atoms with Crippen molar-refractivity contribution >= 4 is 22.8 Å². The van der Waals surface area contributed by atoms with Gasteiger partial charge in [0.25, 0.3) is 0 Å². The molecule has 0 bridgehead atoms. The van der Waals surface area contributed by atoms with E-state index >= 15 is 0 Å². The van der Waals surface area contributed by atoms with Crippen LogP contribution in [0.4, 0.5) is 0 Å². The molecule has 39 heavy (non-hydrogen) atoms. The lowest BCUT2D eigenvalue weighted by molar-refractivity contribution is -0.143. The van der Waals surface area contributed by atoms with E-state index in [2.05, 4.69) is 15.6 Å². The van der Waals surface area contributed by atoms with Crippen molar-refractivity contribution in [3.8, 4) is 5.75 Å². The molecule has 1 aliphatic rings. The van der Waals surface area contributed by atoms with Crippen LogP contribution in [0.25, 0.3) is 11.0 Å². The van der Waals surface area contributed by atoms with E-state index in [1.165, 1.54) is 0 Å². The number of carbonyl (C=O) groups is 2. The minimum absolute atomic E-state index is 0.0489. The Balaban J connectivity index is 1.47. The smallest absolute Gasteiger partial charge is 0.247 e. The number of amides is 2. The topological polar surface area (TPSA) is 98.6 Å². The number of aromatic nitrogens is 3. The summed E-state index contributed by atoms with van der Waals surface area (Å²) in [5.41, 5.74) is 3.13. The van der Waals surface area contributed by atoms with Gasteiger partial charge in [0, 0.05) is 19.7 Å².